The number of fused-ring (bicyclic) bond motifs is 2. The normalized spacial score (nSPS) is 26.0. The van der Waals surface area contributed by atoms with Gasteiger partial charge in [-0.1, -0.05) is 38.1 Å². The van der Waals surface area contributed by atoms with E-state index in [1.54, 1.807) is 76.5 Å². The number of hydrogen-bond acceptors (Lipinski definition) is 4. The van der Waals surface area contributed by atoms with Crippen LogP contribution in [0.15, 0.2) is 48.5 Å². The van der Waals surface area contributed by atoms with Crippen LogP contribution in [-0.4, -0.2) is 37.5 Å². The van der Waals surface area contributed by atoms with Gasteiger partial charge in [0.1, 0.15) is 10.8 Å². The minimum Gasteiger partial charge on any atom is -0.314 e. The highest BCUT2D eigenvalue weighted by Crippen LogP contribution is 2.56. The number of ketones is 2. The Morgan fingerprint density at radius 2 is 0.967 bits per heavy atom. The Morgan fingerprint density at radius 1 is 0.633 bits per heavy atom. The van der Waals surface area contributed by atoms with Gasteiger partial charge in [-0.05, 0) is 37.1 Å². The average molecular weight is 404 g/mol. The molecule has 30 heavy (non-hydrogen) atoms. The van der Waals surface area contributed by atoms with Crippen molar-refractivity contribution in [2.75, 3.05) is 23.9 Å². The molecule has 6 heteroatoms. The number of benzene rings is 2. The summed E-state index contributed by atoms with van der Waals surface area (Å²) >= 11 is 0. The van der Waals surface area contributed by atoms with Crippen LogP contribution in [-0.2, 0) is 9.59 Å². The fraction of sp³-hybridized carbons (Fsp3) is 0.333. The molecular formula is C24H24N2O4. The Balaban J connectivity index is 2.07. The maximum atomic E-state index is 13.9. The highest BCUT2D eigenvalue weighted by Gasteiger charge is 2.71. The number of Topliss-reactive ketones (excluding diaryl/α,β-unsaturated/α-hetero) is 2. The molecule has 2 heterocycles. The highest BCUT2D eigenvalue weighted by atomic mass is 16.2. The number of carbonyl (C=O) groups excluding carboxylic acids is 4. The van der Waals surface area contributed by atoms with Gasteiger partial charge in [0.15, 0.2) is 11.6 Å². The second-order valence-corrected chi connectivity index (χ2v) is 7.94. The molecule has 0 radical (unpaired) electrons. The van der Waals surface area contributed by atoms with Crippen LogP contribution in [0.25, 0.3) is 0 Å². The lowest BCUT2D eigenvalue weighted by Crippen LogP contribution is -2.68. The number of anilines is 2. The van der Waals surface area contributed by atoms with Crippen LogP contribution < -0.4 is 9.80 Å². The first-order valence-electron chi connectivity index (χ1n) is 10.1. The molecule has 0 spiro atoms. The quantitative estimate of drug-likeness (QED) is 0.734. The van der Waals surface area contributed by atoms with E-state index in [-0.39, 0.29) is 12.8 Å². The molecule has 0 saturated carbocycles. The van der Waals surface area contributed by atoms with Crippen molar-refractivity contribution >= 4 is 34.8 Å². The summed E-state index contributed by atoms with van der Waals surface area (Å²) in [6.07, 6.45) is 0.0926. The van der Waals surface area contributed by atoms with E-state index in [1.807, 2.05) is 0 Å². The molecule has 4 rings (SSSR count). The summed E-state index contributed by atoms with van der Waals surface area (Å²) in [5.41, 5.74) is -1.91. The lowest BCUT2D eigenvalue weighted by Gasteiger charge is -2.52. The Hall–Kier alpha value is -3.28. The van der Waals surface area contributed by atoms with Crippen LogP contribution >= 0.6 is 0 Å². The first-order valence-corrected chi connectivity index (χ1v) is 10.1. The van der Waals surface area contributed by atoms with Crippen LogP contribution in [0, 0.1) is 10.8 Å². The van der Waals surface area contributed by atoms with Crippen molar-refractivity contribution in [1.29, 1.82) is 0 Å². The first kappa shape index (κ1) is 20.0. The second kappa shape index (κ2) is 6.62. The molecular weight excluding hydrogens is 380 g/mol. The summed E-state index contributed by atoms with van der Waals surface area (Å²) in [7, 11) is 3.19. The van der Waals surface area contributed by atoms with E-state index in [0.717, 1.165) is 0 Å². The fourth-order valence-electron chi connectivity index (χ4n) is 5.34. The number of nitrogens with zero attached hydrogens (tertiary/aromatic N) is 2. The van der Waals surface area contributed by atoms with E-state index in [1.165, 1.54) is 9.80 Å². The van der Waals surface area contributed by atoms with Gasteiger partial charge in [0.2, 0.25) is 11.8 Å². The Morgan fingerprint density at radius 3 is 1.30 bits per heavy atom. The standard InChI is InChI=1S/C24H24N2O4/c1-5-23(19(27)15-11-7-9-13-17(15)25(3)21(23)29)24(6-2)20(28)16-12-8-10-14-18(16)26(4)22(24)30/h7-14H,5-6H2,1-4H3. The van der Waals surface area contributed by atoms with E-state index in [2.05, 4.69) is 0 Å². The number of hydrogen-bond donors (Lipinski definition) is 0. The van der Waals surface area contributed by atoms with Crippen LogP contribution in [0.3, 0.4) is 0 Å². The van der Waals surface area contributed by atoms with Crippen LogP contribution in [0.4, 0.5) is 11.4 Å². The predicted molar refractivity (Wildman–Crippen MR) is 114 cm³/mol. The number of para-hydroxylation sites is 2. The average Bonchev–Trinajstić information content (AvgIpc) is 2.78. The number of amides is 2. The minimum atomic E-state index is -1.80. The molecule has 2 aliphatic heterocycles. The Labute approximate surface area is 175 Å². The molecule has 2 aromatic rings. The second-order valence-electron chi connectivity index (χ2n) is 7.94. The first-order chi connectivity index (χ1) is 14.3. The van der Waals surface area contributed by atoms with Gasteiger partial charge in [-0.3, -0.25) is 19.2 Å². The molecule has 6 nitrogen and oxygen atoms in total. The highest BCUT2D eigenvalue weighted by molar-refractivity contribution is 6.35. The number of carbonyl (C=O) groups is 4. The van der Waals surface area contributed by atoms with Gasteiger partial charge >= 0.3 is 0 Å². The molecule has 2 unspecified atom stereocenters. The lowest BCUT2D eigenvalue weighted by molar-refractivity contribution is -0.142. The van der Waals surface area contributed by atoms with Crippen molar-refractivity contribution in [3.63, 3.8) is 0 Å². The van der Waals surface area contributed by atoms with Gasteiger partial charge in [0, 0.05) is 25.2 Å². The minimum absolute atomic E-state index is 0.0463. The van der Waals surface area contributed by atoms with Gasteiger partial charge in [0.25, 0.3) is 0 Å². The zero-order chi connectivity index (χ0) is 21.8. The van der Waals surface area contributed by atoms with Crippen molar-refractivity contribution < 1.29 is 19.2 Å². The largest absolute Gasteiger partial charge is 0.314 e. The molecule has 0 aliphatic carbocycles. The molecule has 154 valence electrons. The molecule has 0 saturated heterocycles. The van der Waals surface area contributed by atoms with Crippen LogP contribution in [0.1, 0.15) is 47.4 Å². The van der Waals surface area contributed by atoms with E-state index in [0.29, 0.717) is 22.5 Å². The fourth-order valence-corrected chi connectivity index (χ4v) is 5.34. The maximum Gasteiger partial charge on any atom is 0.242 e. The van der Waals surface area contributed by atoms with E-state index < -0.39 is 34.2 Å². The van der Waals surface area contributed by atoms with Crippen molar-refractivity contribution in [2.45, 2.75) is 26.7 Å². The monoisotopic (exact) mass is 404 g/mol. The zero-order valence-electron chi connectivity index (χ0n) is 17.6. The molecule has 2 aromatic carbocycles. The summed E-state index contributed by atoms with van der Waals surface area (Å²) in [5.74, 6) is -1.94. The molecule has 0 bridgehead atoms. The zero-order valence-corrected chi connectivity index (χ0v) is 17.6. The number of rotatable bonds is 3. The van der Waals surface area contributed by atoms with Gasteiger partial charge < -0.3 is 9.80 Å². The predicted octanol–water partition coefficient (Wildman–Crippen LogP) is 3.50. The molecule has 2 aliphatic rings. The summed E-state index contributed by atoms with van der Waals surface area (Å²) in [6.45, 7) is 3.41. The van der Waals surface area contributed by atoms with Crippen molar-refractivity contribution in [2.24, 2.45) is 10.8 Å². The molecule has 0 fully saturated rings. The SMILES string of the molecule is CCC1(C2(CC)C(=O)c3ccccc3N(C)C2=O)C(=O)c2ccccc2N(C)C1=O. The Kier molecular flexibility index (Phi) is 4.42. The van der Waals surface area contributed by atoms with E-state index in [4.69, 9.17) is 0 Å². The van der Waals surface area contributed by atoms with Gasteiger partial charge in [-0.2, -0.15) is 0 Å². The van der Waals surface area contributed by atoms with Crippen LogP contribution in [0.5, 0.6) is 0 Å². The van der Waals surface area contributed by atoms with Gasteiger partial charge in [-0.15, -0.1) is 0 Å². The molecule has 0 aromatic heterocycles. The van der Waals surface area contributed by atoms with Crippen molar-refractivity contribution in [3.8, 4) is 0 Å². The smallest absolute Gasteiger partial charge is 0.242 e. The lowest BCUT2D eigenvalue weighted by atomic mass is 9.51. The van der Waals surface area contributed by atoms with E-state index >= 15 is 0 Å². The maximum absolute atomic E-state index is 13.9. The summed E-state index contributed by atoms with van der Waals surface area (Å²) in [6, 6.07) is 13.7. The molecule has 2 atom stereocenters. The third kappa shape index (κ3) is 2.08. The van der Waals surface area contributed by atoms with Gasteiger partial charge in [-0.25, -0.2) is 0 Å². The van der Waals surface area contributed by atoms with Gasteiger partial charge in [0.05, 0.1) is 11.4 Å². The topological polar surface area (TPSA) is 74.8 Å². The van der Waals surface area contributed by atoms with Crippen LogP contribution in [0.2, 0.25) is 0 Å². The van der Waals surface area contributed by atoms with Crippen molar-refractivity contribution in [3.05, 3.63) is 59.7 Å². The third-order valence-corrected chi connectivity index (χ3v) is 6.92. The summed E-state index contributed by atoms with van der Waals surface area (Å²) in [4.78, 5) is 58.3. The van der Waals surface area contributed by atoms with E-state index in [9.17, 15) is 19.2 Å². The summed E-state index contributed by atoms with van der Waals surface area (Å²) < 4.78 is 0. The van der Waals surface area contributed by atoms with Crippen molar-refractivity contribution in [1.82, 2.24) is 0 Å². The Bertz CT molecular complexity index is 1020. The summed E-state index contributed by atoms with van der Waals surface area (Å²) in [5, 5.41) is 0. The molecule has 2 amide bonds. The molecule has 0 N–H and O–H groups in total. The third-order valence-electron chi connectivity index (χ3n) is 6.92.